The summed E-state index contributed by atoms with van der Waals surface area (Å²) in [6, 6.07) is 0. The van der Waals surface area contributed by atoms with Gasteiger partial charge in [-0.25, -0.2) is 9.67 Å². The molecule has 1 aromatic rings. The number of rotatable bonds is 1. The van der Waals surface area contributed by atoms with Gasteiger partial charge in [0.1, 0.15) is 6.33 Å². The lowest BCUT2D eigenvalue weighted by molar-refractivity contribution is 0.686. The summed E-state index contributed by atoms with van der Waals surface area (Å²) in [4.78, 5) is 3.95. The van der Waals surface area contributed by atoms with Crippen LogP contribution in [0.4, 0.5) is 0 Å². The van der Waals surface area contributed by atoms with Crippen molar-refractivity contribution in [2.75, 3.05) is 6.26 Å². The van der Waals surface area contributed by atoms with Crippen molar-refractivity contribution in [3.05, 3.63) is 6.33 Å². The van der Waals surface area contributed by atoms with E-state index in [9.17, 15) is 0 Å². The number of nitrogens with zero attached hydrogens (tertiary/aromatic N) is 3. The average Bonchev–Trinajstić information content (AvgIpc) is 2.14. The highest BCUT2D eigenvalue weighted by molar-refractivity contribution is 7.98. The number of thioether (sulfide) groups is 1. The monoisotopic (exact) mass is 129 g/mol. The quantitative estimate of drug-likeness (QED) is 0.518. The van der Waals surface area contributed by atoms with Gasteiger partial charge in [-0.05, 0) is 6.26 Å². The minimum absolute atomic E-state index is 0.949. The van der Waals surface area contributed by atoms with E-state index in [1.54, 1.807) is 22.8 Å². The Balaban J connectivity index is 2.92. The highest BCUT2D eigenvalue weighted by Crippen LogP contribution is 2.06. The zero-order valence-corrected chi connectivity index (χ0v) is 5.64. The molecule has 1 aromatic heterocycles. The number of hydrogen-bond acceptors (Lipinski definition) is 3. The second-order valence-electron chi connectivity index (χ2n) is 1.37. The maximum absolute atomic E-state index is 3.95. The Morgan fingerprint density at radius 1 is 1.75 bits per heavy atom. The highest BCUT2D eigenvalue weighted by atomic mass is 32.2. The highest BCUT2D eigenvalue weighted by Gasteiger charge is 1.92. The molecule has 0 fully saturated rings. The van der Waals surface area contributed by atoms with Gasteiger partial charge in [-0.15, -0.1) is 0 Å². The van der Waals surface area contributed by atoms with E-state index < -0.39 is 0 Å². The normalized spacial score (nSPS) is 9.75. The average molecular weight is 129 g/mol. The first-order valence-corrected chi connectivity index (χ1v) is 3.45. The summed E-state index contributed by atoms with van der Waals surface area (Å²) >= 11 is 1.59. The Labute approximate surface area is 52.1 Å². The molecule has 0 saturated carbocycles. The summed E-state index contributed by atoms with van der Waals surface area (Å²) in [5, 5.41) is 4.82. The largest absolute Gasteiger partial charge is 0.244 e. The Morgan fingerprint density at radius 2 is 2.50 bits per heavy atom. The first-order valence-electron chi connectivity index (χ1n) is 2.22. The third-order valence-electron chi connectivity index (χ3n) is 0.852. The van der Waals surface area contributed by atoms with Crippen molar-refractivity contribution in [1.29, 1.82) is 0 Å². The van der Waals surface area contributed by atoms with Crippen LogP contribution in [0.15, 0.2) is 11.5 Å². The molecule has 0 atom stereocenters. The molecule has 0 aliphatic rings. The maximum Gasteiger partial charge on any atom is 0.185 e. The van der Waals surface area contributed by atoms with Crippen molar-refractivity contribution >= 4 is 11.8 Å². The topological polar surface area (TPSA) is 30.7 Å². The molecule has 44 valence electrons. The molecular weight excluding hydrogens is 122 g/mol. The summed E-state index contributed by atoms with van der Waals surface area (Å²) < 4.78 is 1.74. The third-order valence-corrected chi connectivity index (χ3v) is 1.59. The maximum atomic E-state index is 3.95. The molecule has 8 heavy (non-hydrogen) atoms. The molecule has 0 aliphatic carbocycles. The lowest BCUT2D eigenvalue weighted by Gasteiger charge is -1.89. The molecular formula is C4H7N3S. The van der Waals surface area contributed by atoms with Gasteiger partial charge in [-0.2, -0.15) is 5.10 Å². The molecule has 0 aliphatic heterocycles. The molecule has 0 amide bonds. The van der Waals surface area contributed by atoms with Crippen LogP contribution >= 0.6 is 11.8 Å². The molecule has 1 rings (SSSR count). The first kappa shape index (κ1) is 5.62. The van der Waals surface area contributed by atoms with Crippen molar-refractivity contribution in [2.24, 2.45) is 7.05 Å². The Bertz CT molecular complexity index is 172. The molecule has 4 heteroatoms. The number of hydrogen-bond donors (Lipinski definition) is 0. The van der Waals surface area contributed by atoms with E-state index in [4.69, 9.17) is 0 Å². The second-order valence-corrected chi connectivity index (χ2v) is 2.14. The van der Waals surface area contributed by atoms with Crippen LogP contribution in [0.1, 0.15) is 0 Å². The van der Waals surface area contributed by atoms with Gasteiger partial charge in [0.2, 0.25) is 0 Å². The van der Waals surface area contributed by atoms with E-state index in [0.29, 0.717) is 0 Å². The van der Waals surface area contributed by atoms with E-state index in [1.165, 1.54) is 0 Å². The zero-order chi connectivity index (χ0) is 5.98. The van der Waals surface area contributed by atoms with Crippen LogP contribution in [0.25, 0.3) is 0 Å². The van der Waals surface area contributed by atoms with Crippen LogP contribution in [0.2, 0.25) is 0 Å². The van der Waals surface area contributed by atoms with Crippen LogP contribution in [0, 0.1) is 0 Å². The van der Waals surface area contributed by atoms with Crippen molar-refractivity contribution in [1.82, 2.24) is 14.8 Å². The third kappa shape index (κ3) is 0.838. The second kappa shape index (κ2) is 2.17. The van der Waals surface area contributed by atoms with E-state index in [0.717, 1.165) is 5.16 Å². The van der Waals surface area contributed by atoms with E-state index in [-0.39, 0.29) is 0 Å². The summed E-state index contributed by atoms with van der Waals surface area (Å²) in [6.07, 6.45) is 3.52. The van der Waals surface area contributed by atoms with Gasteiger partial charge in [0, 0.05) is 7.05 Å². The smallest absolute Gasteiger partial charge is 0.185 e. The molecule has 0 saturated heterocycles. The Morgan fingerprint density at radius 3 is 2.75 bits per heavy atom. The summed E-state index contributed by atoms with van der Waals surface area (Å²) in [6.45, 7) is 0. The Kier molecular flexibility index (Phi) is 1.53. The molecule has 1 heterocycles. The minimum atomic E-state index is 0.949. The molecule has 0 bridgehead atoms. The van der Waals surface area contributed by atoms with Gasteiger partial charge in [-0.3, -0.25) is 0 Å². The van der Waals surface area contributed by atoms with Crippen LogP contribution in [0.5, 0.6) is 0 Å². The summed E-state index contributed by atoms with van der Waals surface area (Å²) in [7, 11) is 1.87. The predicted molar refractivity (Wildman–Crippen MR) is 32.8 cm³/mol. The van der Waals surface area contributed by atoms with Crippen molar-refractivity contribution in [3.63, 3.8) is 0 Å². The number of aromatic nitrogens is 3. The number of aryl methyl sites for hydroxylation is 1. The fraction of sp³-hybridized carbons (Fsp3) is 0.500. The first-order chi connectivity index (χ1) is 3.84. The molecule has 0 spiro atoms. The van der Waals surface area contributed by atoms with Gasteiger partial charge in [-0.1, -0.05) is 11.8 Å². The van der Waals surface area contributed by atoms with Gasteiger partial charge in [0.05, 0.1) is 0 Å². The standard InChI is InChI=1S/C4H7N3S/c1-7-4(8-2)5-3-6-7/h3H,1-2H3. The van der Waals surface area contributed by atoms with Crippen LogP contribution in [0.3, 0.4) is 0 Å². The summed E-state index contributed by atoms with van der Waals surface area (Å²) in [5.74, 6) is 0. The fourth-order valence-electron chi connectivity index (χ4n) is 0.470. The molecule has 3 nitrogen and oxygen atoms in total. The van der Waals surface area contributed by atoms with Gasteiger partial charge >= 0.3 is 0 Å². The molecule has 0 aromatic carbocycles. The van der Waals surface area contributed by atoms with Crippen molar-refractivity contribution in [3.8, 4) is 0 Å². The van der Waals surface area contributed by atoms with Crippen LogP contribution in [-0.4, -0.2) is 21.0 Å². The van der Waals surface area contributed by atoms with E-state index in [1.807, 2.05) is 13.3 Å². The lowest BCUT2D eigenvalue weighted by Crippen LogP contribution is -1.90. The molecule has 0 N–H and O–H groups in total. The zero-order valence-electron chi connectivity index (χ0n) is 4.83. The minimum Gasteiger partial charge on any atom is -0.244 e. The fourth-order valence-corrected chi connectivity index (χ4v) is 0.934. The predicted octanol–water partition coefficient (Wildman–Crippen LogP) is 0.537. The van der Waals surface area contributed by atoms with Gasteiger partial charge < -0.3 is 0 Å². The van der Waals surface area contributed by atoms with Gasteiger partial charge in [0.25, 0.3) is 0 Å². The van der Waals surface area contributed by atoms with Gasteiger partial charge in [0.15, 0.2) is 5.16 Å². The van der Waals surface area contributed by atoms with E-state index >= 15 is 0 Å². The molecule has 0 unspecified atom stereocenters. The van der Waals surface area contributed by atoms with Crippen molar-refractivity contribution in [2.45, 2.75) is 5.16 Å². The van der Waals surface area contributed by atoms with Crippen molar-refractivity contribution < 1.29 is 0 Å². The van der Waals surface area contributed by atoms with Crippen LogP contribution < -0.4 is 0 Å². The summed E-state index contributed by atoms with van der Waals surface area (Å²) in [5.41, 5.74) is 0. The SMILES string of the molecule is CSc1ncnn1C. The Hall–Kier alpha value is -0.510. The van der Waals surface area contributed by atoms with Crippen LogP contribution in [-0.2, 0) is 7.05 Å². The van der Waals surface area contributed by atoms with E-state index in [2.05, 4.69) is 10.1 Å². The lowest BCUT2D eigenvalue weighted by atomic mass is 11.2. The molecule has 0 radical (unpaired) electrons.